The zero-order valence-corrected chi connectivity index (χ0v) is 12.6. The molecule has 138 valence electrons. The summed E-state index contributed by atoms with van der Waals surface area (Å²) in [5.74, 6) is -1.41. The van der Waals surface area contributed by atoms with Gasteiger partial charge in [0.1, 0.15) is 11.5 Å². The smallest absolute Gasteiger partial charge is 0.438 e. The monoisotopic (exact) mass is 370 g/mol. The first-order valence-electron chi connectivity index (χ1n) is 6.81. The largest absolute Gasteiger partial charge is 0.483 e. The number of carbonyl (C=O) groups is 1. The second kappa shape index (κ2) is 6.21. The van der Waals surface area contributed by atoms with E-state index in [2.05, 4.69) is 5.10 Å². The maximum Gasteiger partial charge on any atom is 0.438 e. The van der Waals surface area contributed by atoms with Crippen molar-refractivity contribution in [3.63, 3.8) is 0 Å². The molecule has 25 heavy (non-hydrogen) atoms. The number of hydrogen-bond acceptors (Lipinski definition) is 4. The molecule has 1 amide bonds. The maximum absolute atomic E-state index is 13.0. The average Bonchev–Trinajstić information content (AvgIpc) is 2.85. The van der Waals surface area contributed by atoms with Crippen LogP contribution in [0.25, 0.3) is 0 Å². The predicted octanol–water partition coefficient (Wildman–Crippen LogP) is 2.78. The van der Waals surface area contributed by atoms with E-state index < -0.39 is 47.7 Å². The van der Waals surface area contributed by atoms with Crippen molar-refractivity contribution in [2.45, 2.75) is 31.4 Å². The Morgan fingerprint density at radius 2 is 1.88 bits per heavy atom. The lowest BCUT2D eigenvalue weighted by Crippen LogP contribution is -2.57. The van der Waals surface area contributed by atoms with Crippen LogP contribution >= 0.6 is 0 Å². The Morgan fingerprint density at radius 1 is 1.28 bits per heavy atom. The third-order valence-corrected chi connectivity index (χ3v) is 3.45. The highest BCUT2D eigenvalue weighted by molar-refractivity contribution is 5.94. The molecule has 0 saturated heterocycles. The maximum atomic E-state index is 13.0. The zero-order valence-electron chi connectivity index (χ0n) is 12.6. The summed E-state index contributed by atoms with van der Waals surface area (Å²) >= 11 is 0. The fraction of sp³-hybridized carbons (Fsp3) is 0.429. The summed E-state index contributed by atoms with van der Waals surface area (Å²) < 4.78 is 82.0. The van der Waals surface area contributed by atoms with Crippen molar-refractivity contribution in [1.29, 1.82) is 0 Å². The second-order valence-electron chi connectivity index (χ2n) is 5.30. The summed E-state index contributed by atoms with van der Waals surface area (Å²) in [6, 6.07) is 6.20. The Hall–Kier alpha value is -2.30. The van der Waals surface area contributed by atoms with Crippen LogP contribution in [0.5, 0.6) is 5.75 Å². The number of nitrogens with zero attached hydrogens (tertiary/aromatic N) is 2. The number of benzene rings is 1. The molecule has 0 radical (unpaired) electrons. The Bertz CT molecular complexity index is 701. The van der Waals surface area contributed by atoms with E-state index in [0.29, 0.717) is 5.56 Å². The van der Waals surface area contributed by atoms with E-state index in [0.717, 1.165) is 0 Å². The van der Waals surface area contributed by atoms with Crippen LogP contribution in [-0.4, -0.2) is 46.4 Å². The molecule has 0 bridgehead atoms. The van der Waals surface area contributed by atoms with E-state index in [-0.39, 0.29) is 5.75 Å². The van der Waals surface area contributed by atoms with E-state index in [1.807, 2.05) is 0 Å². The number of aryl methyl sites for hydroxylation is 1. The minimum Gasteiger partial charge on any atom is -0.483 e. The SMILES string of the molecule is Cc1ccccc1OCC(=O)N1N=C(C(F)(F)F)C[C@@]1(O)C(F)(F)F. The Morgan fingerprint density at radius 3 is 2.40 bits per heavy atom. The standard InChI is InChI=1S/C14H12F6N2O3/c1-8-4-2-3-5-9(8)25-7-11(23)22-12(24,14(18,19)20)6-10(21-22)13(15,16)17/h2-5,24H,6-7H2,1H3/t12-/m1/s1. The van der Waals surface area contributed by atoms with Gasteiger partial charge in [0.25, 0.3) is 11.6 Å². The first kappa shape index (κ1) is 19.0. The number of aliphatic hydroxyl groups is 1. The van der Waals surface area contributed by atoms with Gasteiger partial charge in [-0.25, -0.2) is 0 Å². The first-order valence-corrected chi connectivity index (χ1v) is 6.81. The zero-order chi connectivity index (χ0) is 19.0. The molecule has 0 aromatic heterocycles. The molecule has 1 atom stereocenters. The Kier molecular flexibility index (Phi) is 4.73. The van der Waals surface area contributed by atoms with E-state index in [4.69, 9.17) is 4.74 Å². The van der Waals surface area contributed by atoms with Crippen LogP contribution in [0, 0.1) is 6.92 Å². The summed E-state index contributed by atoms with van der Waals surface area (Å²) in [5, 5.41) is 11.7. The summed E-state index contributed by atoms with van der Waals surface area (Å²) in [5.41, 5.74) is -5.43. The van der Waals surface area contributed by atoms with Crippen molar-refractivity contribution in [2.24, 2.45) is 5.10 Å². The number of hydrazone groups is 1. The topological polar surface area (TPSA) is 62.1 Å². The highest BCUT2D eigenvalue weighted by Gasteiger charge is 2.66. The van der Waals surface area contributed by atoms with E-state index >= 15 is 0 Å². The minimum absolute atomic E-state index is 0.158. The Balaban J connectivity index is 2.24. The normalized spacial score (nSPS) is 21.3. The van der Waals surface area contributed by atoms with E-state index in [1.54, 1.807) is 19.1 Å². The fourth-order valence-corrected chi connectivity index (χ4v) is 2.11. The molecule has 1 aliphatic rings. The van der Waals surface area contributed by atoms with E-state index in [1.165, 1.54) is 12.1 Å². The van der Waals surface area contributed by atoms with Gasteiger partial charge in [-0.2, -0.15) is 36.5 Å². The van der Waals surface area contributed by atoms with Gasteiger partial charge in [0.2, 0.25) is 0 Å². The highest BCUT2D eigenvalue weighted by Crippen LogP contribution is 2.43. The molecule has 0 spiro atoms. The van der Waals surface area contributed by atoms with Gasteiger partial charge in [0.05, 0.1) is 6.42 Å². The minimum atomic E-state index is -5.54. The van der Waals surface area contributed by atoms with Crippen LogP contribution < -0.4 is 4.74 Å². The van der Waals surface area contributed by atoms with Gasteiger partial charge in [0.15, 0.2) is 6.61 Å². The summed E-state index contributed by atoms with van der Waals surface area (Å²) in [6.45, 7) is 0.569. The second-order valence-corrected chi connectivity index (χ2v) is 5.30. The van der Waals surface area contributed by atoms with Crippen LogP contribution in [0.15, 0.2) is 29.4 Å². The molecule has 1 aromatic rings. The molecule has 0 aliphatic carbocycles. The number of alkyl halides is 6. The molecule has 1 aromatic carbocycles. The third kappa shape index (κ3) is 3.70. The molecule has 1 N–H and O–H groups in total. The molecule has 0 fully saturated rings. The number of rotatable bonds is 3. The van der Waals surface area contributed by atoms with Crippen molar-refractivity contribution in [3.8, 4) is 5.75 Å². The number of hydrogen-bond donors (Lipinski definition) is 1. The first-order chi connectivity index (χ1) is 11.4. The molecule has 11 heteroatoms. The summed E-state index contributed by atoms with van der Waals surface area (Å²) in [4.78, 5) is 11.9. The van der Waals surface area contributed by atoms with Crippen molar-refractivity contribution in [2.75, 3.05) is 6.61 Å². The van der Waals surface area contributed by atoms with Gasteiger partial charge >= 0.3 is 12.4 Å². The van der Waals surface area contributed by atoms with Gasteiger partial charge in [-0.05, 0) is 18.6 Å². The summed E-state index contributed by atoms with van der Waals surface area (Å²) in [6.07, 6.45) is -12.7. The number of amides is 1. The number of carbonyl (C=O) groups excluding carboxylic acids is 1. The third-order valence-electron chi connectivity index (χ3n) is 3.45. The van der Waals surface area contributed by atoms with Gasteiger partial charge in [-0.1, -0.05) is 18.2 Å². The lowest BCUT2D eigenvalue weighted by atomic mass is 10.1. The average molecular weight is 370 g/mol. The lowest BCUT2D eigenvalue weighted by Gasteiger charge is -2.32. The molecule has 0 saturated carbocycles. The molecule has 1 heterocycles. The highest BCUT2D eigenvalue weighted by atomic mass is 19.4. The van der Waals surface area contributed by atoms with Crippen molar-refractivity contribution in [3.05, 3.63) is 29.8 Å². The molecule has 2 rings (SSSR count). The lowest BCUT2D eigenvalue weighted by molar-refractivity contribution is -0.302. The predicted molar refractivity (Wildman–Crippen MR) is 72.6 cm³/mol. The van der Waals surface area contributed by atoms with Crippen LogP contribution in [0.1, 0.15) is 12.0 Å². The van der Waals surface area contributed by atoms with E-state index in [9.17, 15) is 36.2 Å². The van der Waals surface area contributed by atoms with Gasteiger partial charge in [-0.3, -0.25) is 4.79 Å². The number of para-hydroxylation sites is 1. The number of halogens is 6. The molecular weight excluding hydrogens is 358 g/mol. The molecular formula is C14H12F6N2O3. The molecule has 1 aliphatic heterocycles. The van der Waals surface area contributed by atoms with Crippen molar-refractivity contribution >= 4 is 11.6 Å². The van der Waals surface area contributed by atoms with Gasteiger partial charge in [-0.15, -0.1) is 0 Å². The van der Waals surface area contributed by atoms with Gasteiger partial charge in [0, 0.05) is 0 Å². The Labute approximate surface area is 137 Å². The van der Waals surface area contributed by atoms with Crippen molar-refractivity contribution in [1.82, 2.24) is 5.01 Å². The number of ether oxygens (including phenoxy) is 1. The quantitative estimate of drug-likeness (QED) is 0.833. The fourth-order valence-electron chi connectivity index (χ4n) is 2.11. The molecule has 0 unspecified atom stereocenters. The van der Waals surface area contributed by atoms with Crippen LogP contribution in [0.4, 0.5) is 26.3 Å². The summed E-state index contributed by atoms with van der Waals surface area (Å²) in [7, 11) is 0. The van der Waals surface area contributed by atoms with Crippen LogP contribution in [0.2, 0.25) is 0 Å². The van der Waals surface area contributed by atoms with Crippen LogP contribution in [0.3, 0.4) is 0 Å². The molecule has 5 nitrogen and oxygen atoms in total. The van der Waals surface area contributed by atoms with Gasteiger partial charge < -0.3 is 9.84 Å². The van der Waals surface area contributed by atoms with Crippen molar-refractivity contribution < 1.29 is 41.0 Å². The van der Waals surface area contributed by atoms with Crippen LogP contribution in [-0.2, 0) is 4.79 Å².